The van der Waals surface area contributed by atoms with Crippen molar-refractivity contribution in [2.24, 2.45) is 5.92 Å². The van der Waals surface area contributed by atoms with Crippen molar-refractivity contribution in [3.8, 4) is 0 Å². The van der Waals surface area contributed by atoms with Crippen LogP contribution in [0.4, 0.5) is 13.2 Å². The molecule has 0 aromatic carbocycles. The van der Waals surface area contributed by atoms with E-state index in [1.165, 1.54) is 11.3 Å². The van der Waals surface area contributed by atoms with Crippen molar-refractivity contribution < 1.29 is 22.8 Å². The van der Waals surface area contributed by atoms with Gasteiger partial charge in [-0.05, 0) is 18.8 Å². The summed E-state index contributed by atoms with van der Waals surface area (Å²) in [7, 11) is 0. The zero-order valence-corrected chi connectivity index (χ0v) is 15.0. The summed E-state index contributed by atoms with van der Waals surface area (Å²) in [4.78, 5) is 25.0. The summed E-state index contributed by atoms with van der Waals surface area (Å²) in [5.41, 5.74) is 0. The molecule has 1 saturated carbocycles. The molecule has 26 heavy (non-hydrogen) atoms. The third kappa shape index (κ3) is 7.11. The van der Waals surface area contributed by atoms with Gasteiger partial charge in [0.05, 0.1) is 6.54 Å². The van der Waals surface area contributed by atoms with E-state index in [2.05, 4.69) is 16.0 Å². The van der Waals surface area contributed by atoms with Crippen molar-refractivity contribution in [2.75, 3.05) is 39.3 Å². The van der Waals surface area contributed by atoms with Crippen LogP contribution in [0.15, 0.2) is 0 Å². The Morgan fingerprint density at radius 3 is 2.31 bits per heavy atom. The number of amides is 2. The van der Waals surface area contributed by atoms with Crippen LogP contribution in [0.3, 0.4) is 0 Å². The predicted molar refractivity (Wildman–Crippen MR) is 91.5 cm³/mol. The highest BCUT2D eigenvalue weighted by molar-refractivity contribution is 5.84. The summed E-state index contributed by atoms with van der Waals surface area (Å²) in [6, 6.07) is -1.70. The minimum absolute atomic E-state index is 0.207. The second-order valence-corrected chi connectivity index (χ2v) is 7.13. The Bertz CT molecular complexity index is 461. The third-order valence-electron chi connectivity index (χ3n) is 5.11. The van der Waals surface area contributed by atoms with E-state index >= 15 is 0 Å². The molecular formula is C17H29F3N4O2. The van der Waals surface area contributed by atoms with Crippen LogP contribution in [0.5, 0.6) is 0 Å². The quantitative estimate of drug-likeness (QED) is 0.619. The van der Waals surface area contributed by atoms with Crippen molar-refractivity contribution in [1.29, 1.82) is 0 Å². The molecule has 1 aliphatic carbocycles. The highest BCUT2D eigenvalue weighted by atomic mass is 19.4. The molecule has 2 aliphatic rings. The molecule has 150 valence electrons. The Labute approximate surface area is 152 Å². The standard InChI is InChI=1S/C17H29F3N4O2/c18-17(19,20)14(24-8-6-21-7-9-24)11-22-16(26)12-23-15(25)10-13-4-2-1-3-5-13/h13-14,21H,1-12H2,(H,22,26)(H,23,25). The normalized spacial score (nSPS) is 21.2. The molecule has 6 nitrogen and oxygen atoms in total. The number of rotatable bonds is 7. The lowest BCUT2D eigenvalue weighted by Crippen LogP contribution is -2.58. The number of carbonyl (C=O) groups is 2. The highest BCUT2D eigenvalue weighted by Gasteiger charge is 2.43. The lowest BCUT2D eigenvalue weighted by atomic mass is 9.87. The van der Waals surface area contributed by atoms with Gasteiger partial charge in [-0.2, -0.15) is 13.2 Å². The Hall–Kier alpha value is -1.35. The largest absolute Gasteiger partial charge is 0.405 e. The molecule has 1 heterocycles. The first-order chi connectivity index (χ1) is 12.4. The van der Waals surface area contributed by atoms with Gasteiger partial charge in [0, 0.05) is 39.1 Å². The van der Waals surface area contributed by atoms with Gasteiger partial charge >= 0.3 is 6.18 Å². The number of carbonyl (C=O) groups excluding carboxylic acids is 2. The van der Waals surface area contributed by atoms with E-state index in [0.717, 1.165) is 25.7 Å². The number of halogens is 3. The Morgan fingerprint density at radius 1 is 1.04 bits per heavy atom. The van der Waals surface area contributed by atoms with Crippen molar-refractivity contribution in [3.63, 3.8) is 0 Å². The number of hydrogen-bond acceptors (Lipinski definition) is 4. The first kappa shape index (κ1) is 21.0. The number of alkyl halides is 3. The molecule has 0 bridgehead atoms. The lowest BCUT2D eigenvalue weighted by molar-refractivity contribution is -0.184. The number of hydrogen-bond donors (Lipinski definition) is 3. The zero-order chi connectivity index (χ0) is 19.0. The van der Waals surface area contributed by atoms with Gasteiger partial charge in [-0.3, -0.25) is 14.5 Å². The van der Waals surface area contributed by atoms with Crippen LogP contribution >= 0.6 is 0 Å². The van der Waals surface area contributed by atoms with Crippen LogP contribution in [0, 0.1) is 5.92 Å². The highest BCUT2D eigenvalue weighted by Crippen LogP contribution is 2.26. The topological polar surface area (TPSA) is 73.5 Å². The maximum absolute atomic E-state index is 13.2. The van der Waals surface area contributed by atoms with Gasteiger partial charge < -0.3 is 16.0 Å². The molecule has 1 saturated heterocycles. The average Bonchev–Trinajstić information content (AvgIpc) is 2.61. The fraction of sp³-hybridized carbons (Fsp3) is 0.882. The molecule has 0 aromatic rings. The second kappa shape index (κ2) is 10.1. The predicted octanol–water partition coefficient (Wildman–Crippen LogP) is 1.03. The van der Waals surface area contributed by atoms with Crippen LogP contribution in [0.2, 0.25) is 0 Å². The van der Waals surface area contributed by atoms with E-state index in [1.54, 1.807) is 0 Å². The van der Waals surface area contributed by atoms with Crippen LogP contribution < -0.4 is 16.0 Å². The monoisotopic (exact) mass is 378 g/mol. The van der Waals surface area contributed by atoms with Gasteiger partial charge in [0.2, 0.25) is 11.8 Å². The van der Waals surface area contributed by atoms with E-state index in [4.69, 9.17) is 0 Å². The summed E-state index contributed by atoms with van der Waals surface area (Å²) in [6.45, 7) is 0.796. The van der Waals surface area contributed by atoms with Gasteiger partial charge in [0.1, 0.15) is 6.04 Å². The summed E-state index contributed by atoms with van der Waals surface area (Å²) >= 11 is 0. The Kier molecular flexibility index (Phi) is 8.15. The number of nitrogens with one attached hydrogen (secondary N) is 3. The molecule has 1 aliphatic heterocycles. The third-order valence-corrected chi connectivity index (χ3v) is 5.11. The summed E-state index contributed by atoms with van der Waals surface area (Å²) in [5, 5.41) is 7.83. The summed E-state index contributed by atoms with van der Waals surface area (Å²) < 4.78 is 39.7. The van der Waals surface area contributed by atoms with E-state index in [9.17, 15) is 22.8 Å². The van der Waals surface area contributed by atoms with E-state index in [-0.39, 0.29) is 25.5 Å². The first-order valence-electron chi connectivity index (χ1n) is 9.41. The smallest absolute Gasteiger partial charge is 0.353 e. The van der Waals surface area contributed by atoms with Crippen LogP contribution in [-0.2, 0) is 9.59 Å². The van der Waals surface area contributed by atoms with Crippen LogP contribution in [0.25, 0.3) is 0 Å². The fourth-order valence-corrected chi connectivity index (χ4v) is 3.62. The van der Waals surface area contributed by atoms with Crippen molar-refractivity contribution in [1.82, 2.24) is 20.9 Å². The molecule has 2 rings (SSSR count). The molecule has 2 amide bonds. The zero-order valence-electron chi connectivity index (χ0n) is 15.0. The fourth-order valence-electron chi connectivity index (χ4n) is 3.62. The molecule has 1 unspecified atom stereocenters. The van der Waals surface area contributed by atoms with Crippen molar-refractivity contribution in [2.45, 2.75) is 50.7 Å². The maximum Gasteiger partial charge on any atom is 0.405 e. The molecule has 1 atom stereocenters. The molecule has 2 fully saturated rings. The number of nitrogens with zero attached hydrogens (tertiary/aromatic N) is 1. The number of piperazine rings is 1. The molecule has 9 heteroatoms. The minimum atomic E-state index is -4.41. The van der Waals surface area contributed by atoms with Gasteiger partial charge in [-0.25, -0.2) is 0 Å². The van der Waals surface area contributed by atoms with Crippen molar-refractivity contribution >= 4 is 11.8 Å². The molecule has 0 spiro atoms. The van der Waals surface area contributed by atoms with Crippen LogP contribution in [0.1, 0.15) is 38.5 Å². The summed E-state index contributed by atoms with van der Waals surface area (Å²) in [6.07, 6.45) is 1.49. The minimum Gasteiger partial charge on any atom is -0.353 e. The van der Waals surface area contributed by atoms with Gasteiger partial charge in [-0.15, -0.1) is 0 Å². The molecular weight excluding hydrogens is 349 g/mol. The van der Waals surface area contributed by atoms with Crippen molar-refractivity contribution in [3.05, 3.63) is 0 Å². The van der Waals surface area contributed by atoms with E-state index in [0.29, 0.717) is 25.4 Å². The summed E-state index contributed by atoms with van der Waals surface area (Å²) in [5.74, 6) is -0.443. The van der Waals surface area contributed by atoms with Gasteiger partial charge in [0.25, 0.3) is 0 Å². The van der Waals surface area contributed by atoms with Gasteiger partial charge in [-0.1, -0.05) is 19.3 Å². The van der Waals surface area contributed by atoms with E-state index in [1.807, 2.05) is 0 Å². The average molecular weight is 378 g/mol. The van der Waals surface area contributed by atoms with Gasteiger partial charge in [0.15, 0.2) is 0 Å². The Balaban J connectivity index is 1.70. The second-order valence-electron chi connectivity index (χ2n) is 7.13. The first-order valence-corrected chi connectivity index (χ1v) is 9.41. The SMILES string of the molecule is O=C(CNC(=O)CC1CCCCC1)NCC(N1CCNCC1)C(F)(F)F. The molecule has 3 N–H and O–H groups in total. The Morgan fingerprint density at radius 2 is 1.69 bits per heavy atom. The molecule has 0 radical (unpaired) electrons. The van der Waals surface area contributed by atoms with Crippen LogP contribution in [-0.4, -0.2) is 68.2 Å². The van der Waals surface area contributed by atoms with E-state index < -0.39 is 24.7 Å². The maximum atomic E-state index is 13.2. The lowest BCUT2D eigenvalue weighted by Gasteiger charge is -2.35. The molecule has 0 aromatic heterocycles.